The van der Waals surface area contributed by atoms with E-state index < -0.39 is 0 Å². The predicted octanol–water partition coefficient (Wildman–Crippen LogP) is 3.11. The lowest BCUT2D eigenvalue weighted by Crippen LogP contribution is -2.11. The van der Waals surface area contributed by atoms with E-state index in [1.807, 2.05) is 19.1 Å². The van der Waals surface area contributed by atoms with Crippen LogP contribution in [0.5, 0.6) is 0 Å². The molecule has 0 N–H and O–H groups in total. The highest BCUT2D eigenvalue weighted by atomic mass is 32.1. The summed E-state index contributed by atoms with van der Waals surface area (Å²) >= 11 is 4.94. The lowest BCUT2D eigenvalue weighted by Gasteiger charge is -2.05. The summed E-state index contributed by atoms with van der Waals surface area (Å²) < 4.78 is 5.10. The van der Waals surface area contributed by atoms with E-state index in [9.17, 15) is 4.79 Å². The average Bonchev–Trinajstić information content (AvgIpc) is 2.30. The minimum absolute atomic E-state index is 0.104. The van der Waals surface area contributed by atoms with Crippen molar-refractivity contribution >= 4 is 23.1 Å². The standard InChI is InChI=1S/C14H18O2S/c1-3-11-5-7-12(8-6-11)9-13(15)10-14(17)16-4-2/h5-8H,3-4,9-10H2,1-2H3. The number of aryl methyl sites for hydroxylation is 1. The van der Waals surface area contributed by atoms with Crippen molar-refractivity contribution in [2.24, 2.45) is 0 Å². The zero-order valence-electron chi connectivity index (χ0n) is 10.4. The van der Waals surface area contributed by atoms with E-state index in [1.165, 1.54) is 5.56 Å². The summed E-state index contributed by atoms with van der Waals surface area (Å²) in [5.41, 5.74) is 2.32. The van der Waals surface area contributed by atoms with Gasteiger partial charge in [0.1, 0.15) is 5.78 Å². The van der Waals surface area contributed by atoms with Gasteiger partial charge in [-0.25, -0.2) is 0 Å². The van der Waals surface area contributed by atoms with Crippen LogP contribution in [-0.4, -0.2) is 17.4 Å². The quantitative estimate of drug-likeness (QED) is 0.726. The van der Waals surface area contributed by atoms with Crippen molar-refractivity contribution in [2.45, 2.75) is 33.1 Å². The van der Waals surface area contributed by atoms with Gasteiger partial charge in [-0.1, -0.05) is 31.2 Å². The molecule has 0 saturated carbocycles. The summed E-state index contributed by atoms with van der Waals surface area (Å²) in [5.74, 6) is 0.104. The van der Waals surface area contributed by atoms with Gasteiger partial charge >= 0.3 is 0 Å². The molecule has 0 aliphatic rings. The third-order valence-corrected chi connectivity index (χ3v) is 2.74. The van der Waals surface area contributed by atoms with Gasteiger partial charge in [0.05, 0.1) is 13.0 Å². The molecule has 0 fully saturated rings. The van der Waals surface area contributed by atoms with Crippen LogP contribution in [0.4, 0.5) is 0 Å². The van der Waals surface area contributed by atoms with Gasteiger partial charge in [-0.15, -0.1) is 0 Å². The number of ether oxygens (including phenoxy) is 1. The van der Waals surface area contributed by atoms with E-state index >= 15 is 0 Å². The molecular formula is C14H18O2S. The van der Waals surface area contributed by atoms with E-state index in [-0.39, 0.29) is 12.2 Å². The fourth-order valence-electron chi connectivity index (χ4n) is 1.56. The molecule has 2 nitrogen and oxygen atoms in total. The molecular weight excluding hydrogens is 232 g/mol. The van der Waals surface area contributed by atoms with Crippen molar-refractivity contribution in [1.29, 1.82) is 0 Å². The van der Waals surface area contributed by atoms with Crippen LogP contribution in [0.1, 0.15) is 31.4 Å². The lowest BCUT2D eigenvalue weighted by molar-refractivity contribution is -0.117. The lowest BCUT2D eigenvalue weighted by atomic mass is 10.0. The molecule has 0 heterocycles. The molecule has 1 aromatic rings. The SMILES string of the molecule is CCOC(=S)CC(=O)Cc1ccc(CC)cc1. The first kappa shape index (κ1) is 13.8. The van der Waals surface area contributed by atoms with Crippen LogP contribution in [-0.2, 0) is 22.4 Å². The Hall–Kier alpha value is -1.22. The number of carbonyl (C=O) groups is 1. The molecule has 0 aliphatic heterocycles. The van der Waals surface area contributed by atoms with E-state index in [0.717, 1.165) is 12.0 Å². The number of Topliss-reactive ketones (excluding diaryl/α,β-unsaturated/α-hetero) is 1. The largest absolute Gasteiger partial charge is 0.487 e. The van der Waals surface area contributed by atoms with Gasteiger partial charge in [-0.05, 0) is 36.7 Å². The van der Waals surface area contributed by atoms with Gasteiger partial charge in [0, 0.05) is 6.42 Å². The van der Waals surface area contributed by atoms with Crippen molar-refractivity contribution < 1.29 is 9.53 Å². The fourth-order valence-corrected chi connectivity index (χ4v) is 1.83. The third kappa shape index (κ3) is 5.09. The van der Waals surface area contributed by atoms with Crippen LogP contribution in [0.2, 0.25) is 0 Å². The second-order valence-corrected chi connectivity index (χ2v) is 4.32. The van der Waals surface area contributed by atoms with Crippen molar-refractivity contribution in [3.63, 3.8) is 0 Å². The first-order chi connectivity index (χ1) is 8.15. The highest BCUT2D eigenvalue weighted by Gasteiger charge is 2.07. The van der Waals surface area contributed by atoms with E-state index in [2.05, 4.69) is 19.1 Å². The Balaban J connectivity index is 2.47. The summed E-state index contributed by atoms with van der Waals surface area (Å²) in [6.07, 6.45) is 1.68. The fraction of sp³-hybridized carbons (Fsp3) is 0.429. The Bertz CT molecular complexity index is 382. The number of hydrogen-bond acceptors (Lipinski definition) is 3. The summed E-state index contributed by atoms with van der Waals surface area (Å²) in [4.78, 5) is 11.7. The topological polar surface area (TPSA) is 26.3 Å². The first-order valence-corrected chi connectivity index (χ1v) is 6.31. The summed E-state index contributed by atoms with van der Waals surface area (Å²) in [6.45, 7) is 4.50. The minimum Gasteiger partial charge on any atom is -0.487 e. The molecule has 0 bridgehead atoms. The molecule has 0 spiro atoms. The number of benzene rings is 1. The van der Waals surface area contributed by atoms with Crippen LogP contribution in [0.25, 0.3) is 0 Å². The summed E-state index contributed by atoms with van der Waals surface area (Å²) in [6, 6.07) is 8.12. The van der Waals surface area contributed by atoms with E-state index in [0.29, 0.717) is 18.1 Å². The molecule has 0 atom stereocenters. The van der Waals surface area contributed by atoms with Crippen LogP contribution < -0.4 is 0 Å². The zero-order valence-corrected chi connectivity index (χ0v) is 11.2. The van der Waals surface area contributed by atoms with Gasteiger partial charge in [-0.3, -0.25) is 4.79 Å². The van der Waals surface area contributed by atoms with Crippen molar-refractivity contribution in [3.8, 4) is 0 Å². The maximum Gasteiger partial charge on any atom is 0.167 e. The van der Waals surface area contributed by atoms with E-state index in [1.54, 1.807) is 0 Å². The normalized spacial score (nSPS) is 10.0. The zero-order chi connectivity index (χ0) is 12.7. The Morgan fingerprint density at radius 1 is 1.18 bits per heavy atom. The molecule has 92 valence electrons. The van der Waals surface area contributed by atoms with Gasteiger partial charge in [0.2, 0.25) is 0 Å². The highest BCUT2D eigenvalue weighted by molar-refractivity contribution is 7.80. The van der Waals surface area contributed by atoms with Crippen molar-refractivity contribution in [2.75, 3.05) is 6.61 Å². The number of rotatable bonds is 6. The van der Waals surface area contributed by atoms with Crippen LogP contribution in [0.15, 0.2) is 24.3 Å². The van der Waals surface area contributed by atoms with Gasteiger partial charge in [-0.2, -0.15) is 0 Å². The molecule has 17 heavy (non-hydrogen) atoms. The maximum absolute atomic E-state index is 11.7. The highest BCUT2D eigenvalue weighted by Crippen LogP contribution is 2.07. The Morgan fingerprint density at radius 3 is 2.29 bits per heavy atom. The van der Waals surface area contributed by atoms with E-state index in [4.69, 9.17) is 17.0 Å². The molecule has 0 unspecified atom stereocenters. The molecule has 1 aromatic carbocycles. The second-order valence-electron chi connectivity index (χ2n) is 3.87. The van der Waals surface area contributed by atoms with Crippen LogP contribution in [0, 0.1) is 0 Å². The number of hydrogen-bond donors (Lipinski definition) is 0. The molecule has 0 aliphatic carbocycles. The number of thiocarbonyl (C=S) groups is 1. The van der Waals surface area contributed by atoms with Gasteiger partial charge in [0.25, 0.3) is 0 Å². The number of ketones is 1. The maximum atomic E-state index is 11.7. The number of carbonyl (C=O) groups excluding carboxylic acids is 1. The molecule has 0 aromatic heterocycles. The third-order valence-electron chi connectivity index (χ3n) is 2.48. The Kier molecular flexibility index (Phi) is 5.84. The van der Waals surface area contributed by atoms with Crippen molar-refractivity contribution in [3.05, 3.63) is 35.4 Å². The predicted molar refractivity (Wildman–Crippen MR) is 73.4 cm³/mol. The minimum atomic E-state index is 0.104. The Labute approximate surface area is 108 Å². The molecule has 1 rings (SSSR count). The first-order valence-electron chi connectivity index (χ1n) is 5.90. The monoisotopic (exact) mass is 250 g/mol. The van der Waals surface area contributed by atoms with Crippen LogP contribution >= 0.6 is 12.2 Å². The molecule has 3 heteroatoms. The van der Waals surface area contributed by atoms with Gasteiger partial charge < -0.3 is 4.74 Å². The molecule has 0 saturated heterocycles. The molecule has 0 amide bonds. The molecule has 0 radical (unpaired) electrons. The Morgan fingerprint density at radius 2 is 1.76 bits per heavy atom. The summed E-state index contributed by atoms with van der Waals surface area (Å²) in [5, 5.41) is 0.391. The second kappa shape index (κ2) is 7.17. The van der Waals surface area contributed by atoms with Crippen molar-refractivity contribution in [1.82, 2.24) is 0 Å². The van der Waals surface area contributed by atoms with Gasteiger partial charge in [0.15, 0.2) is 5.05 Å². The summed E-state index contributed by atoms with van der Waals surface area (Å²) in [7, 11) is 0. The average molecular weight is 250 g/mol. The van der Waals surface area contributed by atoms with Crippen LogP contribution in [0.3, 0.4) is 0 Å². The smallest absolute Gasteiger partial charge is 0.167 e.